The molecule has 0 bridgehead atoms. The molecule has 0 saturated carbocycles. The van der Waals surface area contributed by atoms with Crippen LogP contribution < -0.4 is 9.64 Å². The molecule has 0 N–H and O–H groups in total. The van der Waals surface area contributed by atoms with Gasteiger partial charge in [0.1, 0.15) is 30.1 Å². The zero-order valence-electron chi connectivity index (χ0n) is 24.5. The van der Waals surface area contributed by atoms with Gasteiger partial charge in [0.25, 0.3) is 5.91 Å². The first kappa shape index (κ1) is 27.0. The molecule has 4 saturated heterocycles. The molecule has 0 unspecified atom stereocenters. The van der Waals surface area contributed by atoms with Crippen molar-refractivity contribution in [2.75, 3.05) is 70.5 Å². The lowest BCUT2D eigenvalue weighted by molar-refractivity contribution is -0.189. The number of pyridine rings is 2. The first-order valence-electron chi connectivity index (χ1n) is 14.9. The lowest BCUT2D eigenvalue weighted by Gasteiger charge is -2.60. The monoisotopic (exact) mass is 593 g/mol. The molecule has 4 aliphatic heterocycles. The number of ether oxygens (including phenoxy) is 2. The number of benzene rings is 1. The molecule has 4 aliphatic rings. The third kappa shape index (κ3) is 4.40. The van der Waals surface area contributed by atoms with Gasteiger partial charge in [-0.25, -0.2) is 13.9 Å². The predicted octanol–water partition coefficient (Wildman–Crippen LogP) is 3.39. The van der Waals surface area contributed by atoms with Gasteiger partial charge in [0.05, 0.1) is 36.7 Å². The Hall–Kier alpha value is -4.53. The Bertz CT molecular complexity index is 1810. The largest absolute Gasteiger partial charge is 0.491 e. The molecule has 2 spiro atoms. The summed E-state index contributed by atoms with van der Waals surface area (Å²) in [5.74, 6) is 1.09. The number of hydrogen-bond acceptors (Lipinski definition) is 8. The summed E-state index contributed by atoms with van der Waals surface area (Å²) in [5.41, 5.74) is 4.19. The van der Waals surface area contributed by atoms with Crippen LogP contribution in [0.4, 0.5) is 10.2 Å². The number of rotatable bonds is 7. The Labute approximate surface area is 254 Å². The molecule has 4 aromatic rings. The van der Waals surface area contributed by atoms with E-state index in [1.807, 2.05) is 30.6 Å². The van der Waals surface area contributed by atoms with Gasteiger partial charge in [-0.1, -0.05) is 6.07 Å². The second-order valence-electron chi connectivity index (χ2n) is 12.9. The summed E-state index contributed by atoms with van der Waals surface area (Å²) in [6, 6.07) is 12.9. The molecule has 11 heteroatoms. The number of carbonyl (C=O) groups is 1. The lowest BCUT2D eigenvalue weighted by Crippen LogP contribution is -2.73. The fourth-order valence-electron chi connectivity index (χ4n) is 7.18. The number of carbonyl (C=O) groups excluding carboxylic acids is 1. The number of halogens is 1. The van der Waals surface area contributed by atoms with Crippen LogP contribution in [-0.4, -0.2) is 95.9 Å². The number of likely N-dealkylation sites (tertiary alicyclic amines) is 2. The van der Waals surface area contributed by atoms with Gasteiger partial charge >= 0.3 is 0 Å². The molecule has 44 heavy (non-hydrogen) atoms. The van der Waals surface area contributed by atoms with Crippen molar-refractivity contribution in [2.45, 2.75) is 6.92 Å². The molecule has 4 fully saturated rings. The van der Waals surface area contributed by atoms with E-state index >= 15 is 0 Å². The molecule has 10 nitrogen and oxygen atoms in total. The van der Waals surface area contributed by atoms with E-state index in [1.165, 1.54) is 6.07 Å². The summed E-state index contributed by atoms with van der Waals surface area (Å²) in [6.07, 6.45) is 5.23. The van der Waals surface area contributed by atoms with E-state index in [1.54, 1.807) is 34.7 Å². The van der Waals surface area contributed by atoms with Crippen molar-refractivity contribution in [3.8, 4) is 22.9 Å². The maximum Gasteiger partial charge on any atom is 0.254 e. The van der Waals surface area contributed by atoms with E-state index in [4.69, 9.17) is 14.5 Å². The molecule has 1 aromatic carbocycles. The second kappa shape index (κ2) is 10.0. The first-order chi connectivity index (χ1) is 21.3. The molecule has 8 rings (SSSR count). The van der Waals surface area contributed by atoms with Crippen molar-refractivity contribution >= 4 is 17.2 Å². The average Bonchev–Trinajstić information content (AvgIpc) is 3.36. The smallest absolute Gasteiger partial charge is 0.254 e. The quantitative estimate of drug-likeness (QED) is 0.322. The molecule has 0 aliphatic carbocycles. The average molecular weight is 594 g/mol. The number of amides is 1. The minimum atomic E-state index is -0.354. The molecule has 0 radical (unpaired) electrons. The minimum absolute atomic E-state index is 0.0522. The van der Waals surface area contributed by atoms with Crippen molar-refractivity contribution in [2.24, 2.45) is 10.8 Å². The van der Waals surface area contributed by atoms with E-state index in [9.17, 15) is 14.4 Å². The van der Waals surface area contributed by atoms with Crippen molar-refractivity contribution < 1.29 is 18.7 Å². The zero-order valence-corrected chi connectivity index (χ0v) is 24.5. The highest BCUT2D eigenvalue weighted by atomic mass is 19.1. The standard InChI is InChI=1S/C33H32FN7O3/c1-22-26(3-2-4-28(22)34)31(42)40-18-32(19-40)16-39(17-32)29-6-5-23(11-36-29)27-9-25(13-41-30(27)24(10-35)12-37-41)44-8-7-38-14-33(15-38)20-43-21-33/h2-6,9,11-13H,7-8,14-21H2,1H3. The van der Waals surface area contributed by atoms with E-state index in [2.05, 4.69) is 21.0 Å². The summed E-state index contributed by atoms with van der Waals surface area (Å²) in [5, 5.41) is 14.1. The summed E-state index contributed by atoms with van der Waals surface area (Å²) in [7, 11) is 0. The topological polar surface area (TPSA) is 99.2 Å². The SMILES string of the molecule is Cc1c(F)cccc1C(=O)N1CC2(C1)CN(c1ccc(-c3cc(OCCN4CC5(COC5)C4)cn4ncc(C#N)c34)cn1)C2. The van der Waals surface area contributed by atoms with Gasteiger partial charge in [-0.2, -0.15) is 10.4 Å². The van der Waals surface area contributed by atoms with Crippen LogP contribution in [0.5, 0.6) is 5.75 Å². The highest BCUT2D eigenvalue weighted by molar-refractivity contribution is 5.96. The first-order valence-corrected chi connectivity index (χ1v) is 14.9. The van der Waals surface area contributed by atoms with Crippen LogP contribution >= 0.6 is 0 Å². The van der Waals surface area contributed by atoms with Gasteiger partial charge in [-0.3, -0.25) is 9.69 Å². The summed E-state index contributed by atoms with van der Waals surface area (Å²) >= 11 is 0. The van der Waals surface area contributed by atoms with Gasteiger partial charge in [-0.05, 0) is 42.8 Å². The van der Waals surface area contributed by atoms with E-state index in [0.29, 0.717) is 47.6 Å². The van der Waals surface area contributed by atoms with Crippen molar-refractivity contribution in [3.05, 3.63) is 77.5 Å². The fraction of sp³-hybridized carbons (Fsp3) is 0.394. The maximum atomic E-state index is 14.0. The molecular formula is C33H32FN7O3. The van der Waals surface area contributed by atoms with Gasteiger partial charge in [0, 0.05) is 79.5 Å². The number of hydrogen-bond donors (Lipinski definition) is 0. The number of aromatic nitrogens is 3. The molecular weight excluding hydrogens is 561 g/mol. The van der Waals surface area contributed by atoms with Crippen molar-refractivity contribution in [1.29, 1.82) is 5.26 Å². The number of nitriles is 1. The maximum absolute atomic E-state index is 14.0. The Morgan fingerprint density at radius 2 is 1.91 bits per heavy atom. The summed E-state index contributed by atoms with van der Waals surface area (Å²) in [6.45, 7) is 9.86. The Kier molecular flexibility index (Phi) is 6.15. The summed E-state index contributed by atoms with van der Waals surface area (Å²) < 4.78 is 27.2. The fourth-order valence-corrected chi connectivity index (χ4v) is 7.18. The molecule has 7 heterocycles. The zero-order chi connectivity index (χ0) is 30.1. The summed E-state index contributed by atoms with van der Waals surface area (Å²) in [4.78, 5) is 24.1. The van der Waals surface area contributed by atoms with Gasteiger partial charge in [0.2, 0.25) is 0 Å². The number of nitrogens with zero attached hydrogens (tertiary/aromatic N) is 7. The molecule has 1 amide bonds. The van der Waals surface area contributed by atoms with Crippen molar-refractivity contribution in [1.82, 2.24) is 24.4 Å². The Morgan fingerprint density at radius 3 is 2.61 bits per heavy atom. The molecule has 224 valence electrons. The van der Waals surface area contributed by atoms with Gasteiger partial charge in [-0.15, -0.1) is 0 Å². The van der Waals surface area contributed by atoms with E-state index < -0.39 is 0 Å². The van der Waals surface area contributed by atoms with Crippen LogP contribution in [0, 0.1) is 34.9 Å². The lowest BCUT2D eigenvalue weighted by atomic mass is 9.72. The Balaban J connectivity index is 0.926. The highest BCUT2D eigenvalue weighted by Crippen LogP contribution is 2.42. The van der Waals surface area contributed by atoms with Crippen molar-refractivity contribution in [3.63, 3.8) is 0 Å². The van der Waals surface area contributed by atoms with E-state index in [-0.39, 0.29) is 17.1 Å². The van der Waals surface area contributed by atoms with Gasteiger partial charge in [0.15, 0.2) is 0 Å². The van der Waals surface area contributed by atoms with Gasteiger partial charge < -0.3 is 19.3 Å². The third-order valence-electron chi connectivity index (χ3n) is 9.59. The predicted molar refractivity (Wildman–Crippen MR) is 160 cm³/mol. The van der Waals surface area contributed by atoms with Crippen LogP contribution in [0.2, 0.25) is 0 Å². The number of fused-ring (bicyclic) bond motifs is 1. The minimum Gasteiger partial charge on any atom is -0.491 e. The van der Waals surface area contributed by atoms with Crippen LogP contribution in [0.3, 0.4) is 0 Å². The van der Waals surface area contributed by atoms with Crippen LogP contribution in [0.15, 0.2) is 55.0 Å². The Morgan fingerprint density at radius 1 is 1.09 bits per heavy atom. The number of anilines is 1. The van der Waals surface area contributed by atoms with Crippen LogP contribution in [-0.2, 0) is 4.74 Å². The molecule has 0 atom stereocenters. The third-order valence-corrected chi connectivity index (χ3v) is 9.59. The normalized spacial score (nSPS) is 19.7. The second-order valence-corrected chi connectivity index (χ2v) is 12.9. The van der Waals surface area contributed by atoms with Crippen LogP contribution in [0.25, 0.3) is 16.6 Å². The van der Waals surface area contributed by atoms with Crippen LogP contribution in [0.1, 0.15) is 21.5 Å². The van der Waals surface area contributed by atoms with E-state index in [0.717, 1.165) is 68.4 Å². The highest BCUT2D eigenvalue weighted by Gasteiger charge is 2.53. The molecule has 3 aromatic heterocycles.